The molecule has 0 aliphatic carbocycles. The molecule has 1 aliphatic heterocycles. The highest BCUT2D eigenvalue weighted by molar-refractivity contribution is 7.91. The van der Waals surface area contributed by atoms with Gasteiger partial charge in [-0.15, -0.1) is 0 Å². The second kappa shape index (κ2) is 5.81. The van der Waals surface area contributed by atoms with E-state index < -0.39 is 9.84 Å². The minimum Gasteiger partial charge on any atom is -0.383 e. The van der Waals surface area contributed by atoms with Crippen LogP contribution in [0.25, 0.3) is 0 Å². The van der Waals surface area contributed by atoms with Crippen molar-refractivity contribution in [3.63, 3.8) is 0 Å². The average molecular weight is 273 g/mol. The van der Waals surface area contributed by atoms with Crippen molar-refractivity contribution in [1.82, 2.24) is 14.9 Å². The van der Waals surface area contributed by atoms with E-state index in [1.807, 2.05) is 10.8 Å². The number of ether oxygens (including phenoxy) is 1. The average Bonchev–Trinajstić information content (AvgIpc) is 2.90. The number of methoxy groups -OCH3 is 1. The summed E-state index contributed by atoms with van der Waals surface area (Å²) >= 11 is 0. The van der Waals surface area contributed by atoms with Gasteiger partial charge in [-0.25, -0.2) is 13.4 Å². The Morgan fingerprint density at radius 2 is 2.44 bits per heavy atom. The van der Waals surface area contributed by atoms with Crippen LogP contribution in [0.1, 0.15) is 18.3 Å². The van der Waals surface area contributed by atoms with Gasteiger partial charge in [0.05, 0.1) is 24.7 Å². The summed E-state index contributed by atoms with van der Waals surface area (Å²) in [6.45, 7) is 2.04. The number of imidazole rings is 1. The number of hydrogen-bond acceptors (Lipinski definition) is 5. The minimum atomic E-state index is -2.86. The lowest BCUT2D eigenvalue weighted by molar-refractivity contribution is 0.198. The third kappa shape index (κ3) is 3.30. The second-order valence-corrected chi connectivity index (χ2v) is 6.71. The van der Waals surface area contributed by atoms with Gasteiger partial charge in [0, 0.05) is 32.1 Å². The third-order valence-electron chi connectivity index (χ3n) is 3.12. The Bertz CT molecular complexity index is 483. The molecule has 18 heavy (non-hydrogen) atoms. The van der Waals surface area contributed by atoms with Crippen LogP contribution in [0.15, 0.2) is 12.4 Å². The van der Waals surface area contributed by atoms with Crippen LogP contribution < -0.4 is 5.32 Å². The summed E-state index contributed by atoms with van der Waals surface area (Å²) in [5, 5.41) is 3.22. The Labute approximate surface area is 107 Å². The minimum absolute atomic E-state index is 0.0386. The zero-order chi connectivity index (χ0) is 13.0. The van der Waals surface area contributed by atoms with Crippen molar-refractivity contribution in [3.05, 3.63) is 18.2 Å². The molecule has 102 valence electrons. The van der Waals surface area contributed by atoms with Gasteiger partial charge < -0.3 is 14.6 Å². The summed E-state index contributed by atoms with van der Waals surface area (Å²) < 4.78 is 29.9. The predicted octanol–water partition coefficient (Wildman–Crippen LogP) is -0.0213. The molecule has 7 heteroatoms. The predicted molar refractivity (Wildman–Crippen MR) is 68.1 cm³/mol. The Morgan fingerprint density at radius 1 is 1.61 bits per heavy atom. The fourth-order valence-electron chi connectivity index (χ4n) is 2.18. The van der Waals surface area contributed by atoms with Gasteiger partial charge in [0.1, 0.15) is 5.82 Å². The Balaban J connectivity index is 1.95. The first-order chi connectivity index (χ1) is 8.62. The molecular formula is C11H19N3O3S. The van der Waals surface area contributed by atoms with Gasteiger partial charge >= 0.3 is 0 Å². The standard InChI is InChI=1S/C11H19N3O3S/c1-17-6-4-12-8-11-13-3-5-14(11)10-2-7-18(15,16)9-10/h3,5,10,12H,2,4,6-9H2,1H3. The van der Waals surface area contributed by atoms with Crippen LogP contribution in [0.3, 0.4) is 0 Å². The summed E-state index contributed by atoms with van der Waals surface area (Å²) in [5.41, 5.74) is 0. The summed E-state index contributed by atoms with van der Waals surface area (Å²) in [6.07, 6.45) is 4.26. The molecule has 1 aromatic rings. The number of hydrogen-bond donors (Lipinski definition) is 1. The maximum Gasteiger partial charge on any atom is 0.152 e. The lowest BCUT2D eigenvalue weighted by Crippen LogP contribution is -2.22. The smallest absolute Gasteiger partial charge is 0.152 e. The van der Waals surface area contributed by atoms with Gasteiger partial charge in [-0.05, 0) is 6.42 Å². The molecule has 1 atom stereocenters. The normalized spacial score (nSPS) is 22.4. The van der Waals surface area contributed by atoms with Crippen LogP contribution >= 0.6 is 0 Å². The molecule has 1 aromatic heterocycles. The first-order valence-corrected chi connectivity index (χ1v) is 7.86. The van der Waals surface area contributed by atoms with Crippen LogP contribution in [-0.4, -0.2) is 49.7 Å². The van der Waals surface area contributed by atoms with Crippen molar-refractivity contribution in [2.45, 2.75) is 19.0 Å². The highest BCUT2D eigenvalue weighted by atomic mass is 32.2. The van der Waals surface area contributed by atoms with E-state index in [2.05, 4.69) is 10.3 Å². The van der Waals surface area contributed by atoms with Gasteiger partial charge in [0.2, 0.25) is 0 Å². The molecule has 6 nitrogen and oxygen atoms in total. The molecule has 2 heterocycles. The third-order valence-corrected chi connectivity index (χ3v) is 4.87. The van der Waals surface area contributed by atoms with Crippen molar-refractivity contribution in [2.24, 2.45) is 0 Å². The van der Waals surface area contributed by atoms with Gasteiger partial charge in [0.15, 0.2) is 9.84 Å². The van der Waals surface area contributed by atoms with Gasteiger partial charge in [-0.2, -0.15) is 0 Å². The Hall–Kier alpha value is -0.920. The quantitative estimate of drug-likeness (QED) is 0.737. The van der Waals surface area contributed by atoms with E-state index in [1.165, 1.54) is 0 Å². The first kappa shape index (κ1) is 13.5. The number of nitrogens with zero attached hydrogens (tertiary/aromatic N) is 2. The van der Waals surface area contributed by atoms with Crippen LogP contribution in [0, 0.1) is 0 Å². The zero-order valence-electron chi connectivity index (χ0n) is 10.5. The molecule has 1 saturated heterocycles. The second-order valence-electron chi connectivity index (χ2n) is 4.48. The molecule has 0 spiro atoms. The highest BCUT2D eigenvalue weighted by Gasteiger charge is 2.29. The highest BCUT2D eigenvalue weighted by Crippen LogP contribution is 2.24. The summed E-state index contributed by atoms with van der Waals surface area (Å²) in [5.74, 6) is 1.40. The Morgan fingerprint density at radius 3 is 3.11 bits per heavy atom. The number of sulfone groups is 1. The Kier molecular flexibility index (Phi) is 4.36. The van der Waals surface area contributed by atoms with Gasteiger partial charge in [-0.3, -0.25) is 0 Å². The molecule has 0 bridgehead atoms. The van der Waals surface area contributed by atoms with Gasteiger partial charge in [-0.1, -0.05) is 0 Å². The molecule has 1 fully saturated rings. The topological polar surface area (TPSA) is 73.2 Å². The maximum atomic E-state index is 11.5. The molecule has 1 unspecified atom stereocenters. The van der Waals surface area contributed by atoms with Crippen LogP contribution in [0.2, 0.25) is 0 Å². The van der Waals surface area contributed by atoms with E-state index in [-0.39, 0.29) is 17.5 Å². The van der Waals surface area contributed by atoms with Crippen molar-refractivity contribution in [1.29, 1.82) is 0 Å². The van der Waals surface area contributed by atoms with Crippen LogP contribution in [-0.2, 0) is 21.1 Å². The zero-order valence-corrected chi connectivity index (χ0v) is 11.3. The lowest BCUT2D eigenvalue weighted by Gasteiger charge is -2.14. The monoisotopic (exact) mass is 273 g/mol. The molecule has 1 aliphatic rings. The summed E-state index contributed by atoms with van der Waals surface area (Å²) in [7, 11) is -1.20. The van der Waals surface area contributed by atoms with E-state index in [9.17, 15) is 8.42 Å². The van der Waals surface area contributed by atoms with E-state index in [1.54, 1.807) is 13.3 Å². The van der Waals surface area contributed by atoms with E-state index in [4.69, 9.17) is 4.74 Å². The van der Waals surface area contributed by atoms with Gasteiger partial charge in [0.25, 0.3) is 0 Å². The lowest BCUT2D eigenvalue weighted by atomic mass is 10.2. The first-order valence-electron chi connectivity index (χ1n) is 6.04. The van der Waals surface area contributed by atoms with E-state index in [0.717, 1.165) is 12.4 Å². The van der Waals surface area contributed by atoms with Crippen molar-refractivity contribution in [2.75, 3.05) is 31.8 Å². The van der Waals surface area contributed by atoms with Crippen molar-refractivity contribution >= 4 is 9.84 Å². The largest absolute Gasteiger partial charge is 0.383 e. The summed E-state index contributed by atoms with van der Waals surface area (Å²) in [6, 6.07) is 0.0386. The molecule has 0 saturated carbocycles. The van der Waals surface area contributed by atoms with E-state index in [0.29, 0.717) is 19.6 Å². The van der Waals surface area contributed by atoms with Crippen LogP contribution in [0.4, 0.5) is 0 Å². The van der Waals surface area contributed by atoms with Crippen molar-refractivity contribution < 1.29 is 13.2 Å². The van der Waals surface area contributed by atoms with Crippen molar-refractivity contribution in [3.8, 4) is 0 Å². The molecule has 1 N–H and O–H groups in total. The molecular weight excluding hydrogens is 254 g/mol. The number of aromatic nitrogens is 2. The van der Waals surface area contributed by atoms with Crippen LogP contribution in [0.5, 0.6) is 0 Å². The molecule has 0 amide bonds. The number of nitrogens with one attached hydrogen (secondary N) is 1. The fourth-order valence-corrected chi connectivity index (χ4v) is 3.89. The maximum absolute atomic E-state index is 11.5. The molecule has 0 radical (unpaired) electrons. The molecule has 0 aromatic carbocycles. The number of rotatable bonds is 6. The van der Waals surface area contributed by atoms with E-state index >= 15 is 0 Å². The SMILES string of the molecule is COCCNCc1nccn1C1CCS(=O)(=O)C1. The summed E-state index contributed by atoms with van der Waals surface area (Å²) in [4.78, 5) is 4.27. The molecule has 2 rings (SSSR count). The fraction of sp³-hybridized carbons (Fsp3) is 0.727.